The number of Topliss-reactive ketones (excluding diaryl/α,β-unsaturated/α-hetero) is 1. The third kappa shape index (κ3) is 6.38. The lowest BCUT2D eigenvalue weighted by atomic mass is 9.84. The molecule has 0 radical (unpaired) electrons. The number of urea groups is 1. The van der Waals surface area contributed by atoms with Crippen molar-refractivity contribution in [1.29, 1.82) is 0 Å². The van der Waals surface area contributed by atoms with E-state index >= 15 is 0 Å². The highest BCUT2D eigenvalue weighted by Gasteiger charge is 2.33. The second kappa shape index (κ2) is 10.1. The van der Waals surface area contributed by atoms with E-state index < -0.39 is 12.1 Å². The van der Waals surface area contributed by atoms with Gasteiger partial charge in [0.1, 0.15) is 6.17 Å². The zero-order valence-electron chi connectivity index (χ0n) is 17.3. The lowest BCUT2D eigenvalue weighted by Crippen LogP contribution is -2.56. The van der Waals surface area contributed by atoms with Crippen molar-refractivity contribution >= 4 is 17.7 Å². The van der Waals surface area contributed by atoms with Gasteiger partial charge in [0.05, 0.1) is 6.04 Å². The zero-order valence-corrected chi connectivity index (χ0v) is 17.3. The minimum atomic E-state index is -0.577. The molecule has 6 nitrogen and oxygen atoms in total. The van der Waals surface area contributed by atoms with E-state index in [1.807, 2.05) is 52.8 Å². The minimum absolute atomic E-state index is 0.0914. The maximum absolute atomic E-state index is 12.6. The van der Waals surface area contributed by atoms with Crippen LogP contribution in [0.5, 0.6) is 0 Å². The smallest absolute Gasteiger partial charge is 0.317 e. The van der Waals surface area contributed by atoms with E-state index in [0.29, 0.717) is 18.5 Å². The molecule has 3 amide bonds. The van der Waals surface area contributed by atoms with Crippen LogP contribution in [0.25, 0.3) is 0 Å². The van der Waals surface area contributed by atoms with Crippen molar-refractivity contribution in [1.82, 2.24) is 15.5 Å². The zero-order chi connectivity index (χ0) is 20.6. The molecule has 150 valence electrons. The number of carbonyl (C=O) groups excluding carboxylic acids is 3. The number of ketones is 1. The Morgan fingerprint density at radius 3 is 2.22 bits per heavy atom. The van der Waals surface area contributed by atoms with Crippen LogP contribution in [0.3, 0.4) is 0 Å². The van der Waals surface area contributed by atoms with Gasteiger partial charge in [-0.25, -0.2) is 4.79 Å². The first kappa shape index (κ1) is 22.7. The lowest BCUT2D eigenvalue weighted by Gasteiger charge is -2.31. The molecule has 1 heterocycles. The summed E-state index contributed by atoms with van der Waals surface area (Å²) in [6, 6.07) is 8.03. The number of hydrogen-bond acceptors (Lipinski definition) is 3. The van der Waals surface area contributed by atoms with Crippen LogP contribution in [0, 0.1) is 5.41 Å². The van der Waals surface area contributed by atoms with Gasteiger partial charge in [-0.2, -0.15) is 0 Å². The molecular weight excluding hydrogens is 342 g/mol. The summed E-state index contributed by atoms with van der Waals surface area (Å²) in [7, 11) is 0. The van der Waals surface area contributed by atoms with Crippen LogP contribution in [0.1, 0.15) is 64.7 Å². The first-order valence-electron chi connectivity index (χ1n) is 9.63. The Hall–Kier alpha value is -2.37. The molecule has 1 aliphatic heterocycles. The Morgan fingerprint density at radius 2 is 1.70 bits per heavy atom. The first-order chi connectivity index (χ1) is 12.7. The third-order valence-corrected chi connectivity index (χ3v) is 4.38. The Labute approximate surface area is 162 Å². The van der Waals surface area contributed by atoms with Crippen molar-refractivity contribution in [3.63, 3.8) is 0 Å². The summed E-state index contributed by atoms with van der Waals surface area (Å²) in [5.74, 6) is -0.186. The van der Waals surface area contributed by atoms with Crippen molar-refractivity contribution in [2.45, 2.75) is 66.6 Å². The van der Waals surface area contributed by atoms with E-state index in [2.05, 4.69) is 10.6 Å². The molecule has 1 aromatic carbocycles. The lowest BCUT2D eigenvalue weighted by molar-refractivity contribution is -0.121. The molecule has 2 unspecified atom stereocenters. The Balaban J connectivity index is 0.00000176. The number of nitrogens with one attached hydrogen (secondary N) is 2. The average molecular weight is 376 g/mol. The predicted octanol–water partition coefficient (Wildman–Crippen LogP) is 3.58. The summed E-state index contributed by atoms with van der Waals surface area (Å²) in [5.41, 5.74) is 0.228. The van der Waals surface area contributed by atoms with Crippen molar-refractivity contribution in [2.24, 2.45) is 5.41 Å². The highest BCUT2D eigenvalue weighted by atomic mass is 16.2. The monoisotopic (exact) mass is 375 g/mol. The standard InChI is InChI=1S/C19H27N3O3.C2H6/c1-13(23)16(19(2,3)4)21-18(25)20-15-11-8-12-22(15)17(24)14-9-6-5-7-10-14;1-2/h5-7,9-10,15-16H,8,11-12H2,1-4H3,(H2,20,21,25);1-2H3. The number of benzene rings is 1. The molecule has 0 spiro atoms. The molecule has 1 fully saturated rings. The van der Waals surface area contributed by atoms with Crippen LogP contribution < -0.4 is 10.6 Å². The van der Waals surface area contributed by atoms with E-state index in [1.54, 1.807) is 17.0 Å². The number of amides is 3. The van der Waals surface area contributed by atoms with Crippen molar-refractivity contribution < 1.29 is 14.4 Å². The van der Waals surface area contributed by atoms with Gasteiger partial charge in [-0.1, -0.05) is 52.8 Å². The second-order valence-electron chi connectivity index (χ2n) is 7.55. The normalized spacial score (nSPS) is 17.4. The largest absolute Gasteiger partial charge is 0.328 e. The molecule has 0 saturated carbocycles. The summed E-state index contributed by atoms with van der Waals surface area (Å²) in [5, 5.41) is 5.58. The summed E-state index contributed by atoms with van der Waals surface area (Å²) in [6.07, 6.45) is 1.17. The van der Waals surface area contributed by atoms with E-state index in [9.17, 15) is 14.4 Å². The average Bonchev–Trinajstić information content (AvgIpc) is 3.08. The highest BCUT2D eigenvalue weighted by Crippen LogP contribution is 2.21. The quantitative estimate of drug-likeness (QED) is 0.844. The number of hydrogen-bond donors (Lipinski definition) is 2. The Kier molecular flexibility index (Phi) is 8.47. The molecule has 6 heteroatoms. The predicted molar refractivity (Wildman–Crippen MR) is 107 cm³/mol. The molecule has 2 N–H and O–H groups in total. The number of nitrogens with zero attached hydrogens (tertiary/aromatic N) is 1. The van der Waals surface area contributed by atoms with Crippen molar-refractivity contribution in [2.75, 3.05) is 6.54 Å². The van der Waals surface area contributed by atoms with Crippen molar-refractivity contribution in [3.05, 3.63) is 35.9 Å². The van der Waals surface area contributed by atoms with Gasteiger partial charge in [0.15, 0.2) is 5.78 Å². The number of carbonyl (C=O) groups is 3. The minimum Gasteiger partial charge on any atom is -0.328 e. The molecule has 1 aromatic rings. The summed E-state index contributed by atoms with van der Waals surface area (Å²) in [4.78, 5) is 38.5. The van der Waals surface area contributed by atoms with Gasteiger partial charge in [0.2, 0.25) is 0 Å². The summed E-state index contributed by atoms with van der Waals surface area (Å²) < 4.78 is 0. The van der Waals surface area contributed by atoms with Gasteiger partial charge in [0.25, 0.3) is 5.91 Å². The van der Waals surface area contributed by atoms with E-state index in [-0.39, 0.29) is 23.3 Å². The van der Waals surface area contributed by atoms with E-state index in [1.165, 1.54) is 6.92 Å². The summed E-state index contributed by atoms with van der Waals surface area (Å²) >= 11 is 0. The van der Waals surface area contributed by atoms with Crippen molar-refractivity contribution in [3.8, 4) is 0 Å². The Bertz CT molecular complexity index is 638. The highest BCUT2D eigenvalue weighted by molar-refractivity contribution is 5.95. The maximum Gasteiger partial charge on any atom is 0.317 e. The number of likely N-dealkylation sites (tertiary alicyclic amines) is 1. The first-order valence-corrected chi connectivity index (χ1v) is 9.63. The SMILES string of the molecule is CC.CC(=O)C(NC(=O)NC1CCCN1C(=O)c1ccccc1)C(C)(C)C. The van der Waals surface area contributed by atoms with Gasteiger partial charge in [-0.05, 0) is 37.3 Å². The fraction of sp³-hybridized carbons (Fsp3) is 0.571. The van der Waals surface area contributed by atoms with Gasteiger partial charge >= 0.3 is 6.03 Å². The number of rotatable bonds is 4. The Morgan fingerprint density at radius 1 is 1.11 bits per heavy atom. The van der Waals surface area contributed by atoms with Crippen LogP contribution in [0.2, 0.25) is 0 Å². The fourth-order valence-corrected chi connectivity index (χ4v) is 3.16. The molecule has 2 rings (SSSR count). The maximum atomic E-state index is 12.6. The van der Waals surface area contributed by atoms with Gasteiger partial charge in [-0.3, -0.25) is 9.59 Å². The van der Waals surface area contributed by atoms with Gasteiger partial charge in [0, 0.05) is 12.1 Å². The van der Waals surface area contributed by atoms with Crippen LogP contribution in [0.4, 0.5) is 4.79 Å². The molecule has 1 aliphatic rings. The van der Waals surface area contributed by atoms with Crippen LogP contribution in [-0.2, 0) is 4.79 Å². The van der Waals surface area contributed by atoms with Crippen LogP contribution >= 0.6 is 0 Å². The van der Waals surface area contributed by atoms with Crippen LogP contribution in [-0.4, -0.2) is 41.4 Å². The molecule has 27 heavy (non-hydrogen) atoms. The second-order valence-corrected chi connectivity index (χ2v) is 7.55. The molecular formula is C21H33N3O3. The third-order valence-electron chi connectivity index (χ3n) is 4.38. The molecule has 0 aliphatic carbocycles. The topological polar surface area (TPSA) is 78.5 Å². The molecule has 1 saturated heterocycles. The molecule has 2 atom stereocenters. The molecule has 0 bridgehead atoms. The van der Waals surface area contributed by atoms with E-state index in [0.717, 1.165) is 6.42 Å². The molecule has 0 aromatic heterocycles. The van der Waals surface area contributed by atoms with E-state index in [4.69, 9.17) is 0 Å². The van der Waals surface area contributed by atoms with Gasteiger partial charge in [-0.15, -0.1) is 0 Å². The van der Waals surface area contributed by atoms with Gasteiger partial charge < -0.3 is 15.5 Å². The van der Waals surface area contributed by atoms with Crippen LogP contribution in [0.15, 0.2) is 30.3 Å². The fourth-order valence-electron chi connectivity index (χ4n) is 3.16. The summed E-state index contributed by atoms with van der Waals surface area (Å²) in [6.45, 7) is 11.8.